The number of benzene rings is 2. The number of anilines is 1. The first-order valence-corrected chi connectivity index (χ1v) is 9.90. The lowest BCUT2D eigenvalue weighted by molar-refractivity contribution is -0.113. The topological polar surface area (TPSA) is 71.6 Å². The molecule has 3 N–H and O–H groups in total. The van der Waals surface area contributed by atoms with Gasteiger partial charge in [0.25, 0.3) is 5.91 Å². The van der Waals surface area contributed by atoms with E-state index in [9.17, 15) is 13.6 Å². The Morgan fingerprint density at radius 3 is 2.48 bits per heavy atom. The summed E-state index contributed by atoms with van der Waals surface area (Å²) in [6.07, 6.45) is 0. The Morgan fingerprint density at radius 1 is 1.10 bits per heavy atom. The molecule has 0 saturated heterocycles. The summed E-state index contributed by atoms with van der Waals surface area (Å²) in [6, 6.07) is 9.55. The fraction of sp³-hybridized carbons (Fsp3) is 0.273. The van der Waals surface area contributed by atoms with Crippen LogP contribution in [0.1, 0.15) is 29.7 Å². The molecule has 0 fully saturated rings. The standard InChI is InChI=1S/C22H23F2N3O3S/c1-11-5-7-15(9-12(11)2)26-20(28)18-13(3)25-22(31)27-19(18)14-6-8-16(30-21(23)24)17(10-14)29-4/h5-10,19,21H,1-4H3,(H,26,28)(H2,25,27,31)/t19-/m1/s1. The maximum Gasteiger partial charge on any atom is 0.387 e. The number of methoxy groups -OCH3 is 1. The lowest BCUT2D eigenvalue weighted by Crippen LogP contribution is -2.45. The van der Waals surface area contributed by atoms with Crippen LogP contribution in [-0.2, 0) is 4.79 Å². The molecule has 2 aromatic carbocycles. The number of carbonyl (C=O) groups is 1. The quantitative estimate of drug-likeness (QED) is 0.572. The second kappa shape index (κ2) is 9.30. The van der Waals surface area contributed by atoms with Gasteiger partial charge in [0.05, 0.1) is 18.7 Å². The lowest BCUT2D eigenvalue weighted by atomic mass is 9.94. The molecule has 0 aliphatic carbocycles. The van der Waals surface area contributed by atoms with Crippen molar-refractivity contribution >= 4 is 28.9 Å². The fourth-order valence-corrected chi connectivity index (χ4v) is 3.59. The van der Waals surface area contributed by atoms with E-state index in [1.807, 2.05) is 32.0 Å². The van der Waals surface area contributed by atoms with Gasteiger partial charge < -0.3 is 25.4 Å². The Morgan fingerprint density at radius 2 is 1.84 bits per heavy atom. The van der Waals surface area contributed by atoms with Crippen LogP contribution in [0, 0.1) is 13.8 Å². The van der Waals surface area contributed by atoms with E-state index in [-0.39, 0.29) is 17.4 Å². The molecular formula is C22H23F2N3O3S. The molecule has 1 aliphatic heterocycles. The zero-order chi connectivity index (χ0) is 22.7. The van der Waals surface area contributed by atoms with Crippen LogP contribution >= 0.6 is 12.2 Å². The summed E-state index contributed by atoms with van der Waals surface area (Å²) in [6.45, 7) is 2.73. The fourth-order valence-electron chi connectivity index (χ4n) is 3.32. The molecule has 31 heavy (non-hydrogen) atoms. The van der Waals surface area contributed by atoms with Crippen LogP contribution in [0.2, 0.25) is 0 Å². The number of nitrogens with one attached hydrogen (secondary N) is 3. The van der Waals surface area contributed by atoms with E-state index < -0.39 is 12.7 Å². The van der Waals surface area contributed by atoms with Crippen LogP contribution in [0.4, 0.5) is 14.5 Å². The minimum Gasteiger partial charge on any atom is -0.493 e. The monoisotopic (exact) mass is 447 g/mol. The van der Waals surface area contributed by atoms with Crippen molar-refractivity contribution in [3.8, 4) is 11.5 Å². The van der Waals surface area contributed by atoms with Gasteiger partial charge in [-0.2, -0.15) is 8.78 Å². The Bertz CT molecular complexity index is 1060. The molecule has 3 rings (SSSR count). The van der Waals surface area contributed by atoms with Gasteiger partial charge in [-0.1, -0.05) is 12.1 Å². The van der Waals surface area contributed by atoms with Crippen molar-refractivity contribution in [1.82, 2.24) is 10.6 Å². The number of hydrogen-bond donors (Lipinski definition) is 3. The molecule has 0 unspecified atom stereocenters. The maximum absolute atomic E-state index is 13.2. The average molecular weight is 448 g/mol. The van der Waals surface area contributed by atoms with Crippen molar-refractivity contribution in [2.24, 2.45) is 0 Å². The summed E-state index contributed by atoms with van der Waals surface area (Å²) in [4.78, 5) is 13.2. The van der Waals surface area contributed by atoms with Gasteiger partial charge >= 0.3 is 6.61 Å². The molecule has 0 bridgehead atoms. The van der Waals surface area contributed by atoms with Crippen LogP contribution in [0.5, 0.6) is 11.5 Å². The summed E-state index contributed by atoms with van der Waals surface area (Å²) < 4.78 is 35.0. The highest BCUT2D eigenvalue weighted by molar-refractivity contribution is 7.80. The third-order valence-corrected chi connectivity index (χ3v) is 5.24. The SMILES string of the molecule is COc1cc([C@H]2NC(=S)NC(C)=C2C(=O)Nc2ccc(C)c(C)c2)ccc1OC(F)F. The summed E-state index contributed by atoms with van der Waals surface area (Å²) in [5, 5.41) is 9.30. The third-order valence-electron chi connectivity index (χ3n) is 5.02. The molecule has 0 aromatic heterocycles. The van der Waals surface area contributed by atoms with Gasteiger partial charge in [-0.05, 0) is 73.9 Å². The number of amides is 1. The molecule has 2 aromatic rings. The molecule has 1 aliphatic rings. The maximum atomic E-state index is 13.2. The number of alkyl halides is 2. The number of allylic oxidation sites excluding steroid dienone is 1. The minimum atomic E-state index is -2.98. The molecule has 1 amide bonds. The van der Waals surface area contributed by atoms with Crippen molar-refractivity contribution in [1.29, 1.82) is 0 Å². The molecule has 9 heteroatoms. The van der Waals surface area contributed by atoms with E-state index in [1.165, 1.54) is 13.2 Å². The zero-order valence-corrected chi connectivity index (χ0v) is 18.3. The van der Waals surface area contributed by atoms with E-state index in [0.717, 1.165) is 11.1 Å². The zero-order valence-electron chi connectivity index (χ0n) is 17.5. The van der Waals surface area contributed by atoms with Crippen molar-refractivity contribution in [3.05, 3.63) is 64.4 Å². The molecular weight excluding hydrogens is 424 g/mol. The first kappa shape index (κ1) is 22.5. The second-order valence-corrected chi connectivity index (χ2v) is 7.52. The van der Waals surface area contributed by atoms with E-state index >= 15 is 0 Å². The van der Waals surface area contributed by atoms with E-state index in [2.05, 4.69) is 20.7 Å². The normalized spacial score (nSPS) is 16.0. The molecule has 0 saturated carbocycles. The smallest absolute Gasteiger partial charge is 0.387 e. The number of rotatable bonds is 6. The lowest BCUT2D eigenvalue weighted by Gasteiger charge is -2.30. The summed E-state index contributed by atoms with van der Waals surface area (Å²) in [5.41, 5.74) is 4.44. The van der Waals surface area contributed by atoms with E-state index in [1.54, 1.807) is 19.1 Å². The van der Waals surface area contributed by atoms with Crippen LogP contribution in [0.3, 0.4) is 0 Å². The Balaban J connectivity index is 1.96. The third kappa shape index (κ3) is 5.11. The van der Waals surface area contributed by atoms with Gasteiger partial charge in [0.2, 0.25) is 0 Å². The minimum absolute atomic E-state index is 0.0976. The van der Waals surface area contributed by atoms with E-state index in [0.29, 0.717) is 27.6 Å². The van der Waals surface area contributed by atoms with Crippen LogP contribution in [0.25, 0.3) is 0 Å². The Hall–Kier alpha value is -3.20. The molecule has 164 valence electrons. The second-order valence-electron chi connectivity index (χ2n) is 7.11. The van der Waals surface area contributed by atoms with Crippen LogP contribution in [0.15, 0.2) is 47.7 Å². The molecule has 0 radical (unpaired) electrons. The van der Waals surface area contributed by atoms with Gasteiger partial charge in [0.15, 0.2) is 16.6 Å². The predicted octanol–water partition coefficient (Wildman–Crippen LogP) is 4.34. The Kier molecular flexibility index (Phi) is 6.74. The first-order valence-electron chi connectivity index (χ1n) is 9.49. The number of carbonyl (C=O) groups excluding carboxylic acids is 1. The number of thiocarbonyl (C=S) groups is 1. The highest BCUT2D eigenvalue weighted by Gasteiger charge is 2.30. The highest BCUT2D eigenvalue weighted by atomic mass is 32.1. The number of ether oxygens (including phenoxy) is 2. The van der Waals surface area contributed by atoms with Crippen molar-refractivity contribution < 1.29 is 23.0 Å². The van der Waals surface area contributed by atoms with Gasteiger partial charge in [-0.3, -0.25) is 4.79 Å². The van der Waals surface area contributed by atoms with E-state index in [4.69, 9.17) is 17.0 Å². The highest BCUT2D eigenvalue weighted by Crippen LogP contribution is 2.35. The van der Waals surface area contributed by atoms with Gasteiger partial charge in [0, 0.05) is 11.4 Å². The summed E-state index contributed by atoms with van der Waals surface area (Å²) in [7, 11) is 1.35. The van der Waals surface area contributed by atoms with Crippen molar-refractivity contribution in [3.63, 3.8) is 0 Å². The number of aryl methyl sites for hydroxylation is 2. The van der Waals surface area contributed by atoms with Crippen molar-refractivity contribution in [2.45, 2.75) is 33.4 Å². The number of halogens is 2. The molecule has 0 spiro atoms. The molecule has 1 heterocycles. The van der Waals surface area contributed by atoms with Crippen LogP contribution < -0.4 is 25.4 Å². The summed E-state index contributed by atoms with van der Waals surface area (Å²) in [5.74, 6) is -0.296. The largest absolute Gasteiger partial charge is 0.493 e. The van der Waals surface area contributed by atoms with Gasteiger partial charge in [-0.25, -0.2) is 0 Å². The molecule has 6 nitrogen and oxygen atoms in total. The number of hydrogen-bond acceptors (Lipinski definition) is 4. The van der Waals surface area contributed by atoms with Gasteiger partial charge in [0.1, 0.15) is 0 Å². The summed E-state index contributed by atoms with van der Waals surface area (Å²) >= 11 is 5.26. The first-order chi connectivity index (χ1) is 14.7. The van der Waals surface area contributed by atoms with Gasteiger partial charge in [-0.15, -0.1) is 0 Å². The van der Waals surface area contributed by atoms with Crippen molar-refractivity contribution in [2.75, 3.05) is 12.4 Å². The predicted molar refractivity (Wildman–Crippen MR) is 118 cm³/mol. The van der Waals surface area contributed by atoms with Crippen LogP contribution in [-0.4, -0.2) is 24.7 Å². The average Bonchev–Trinajstić information content (AvgIpc) is 2.70. The molecule has 1 atom stereocenters. The Labute approximate surface area is 184 Å².